The molecule has 0 saturated carbocycles. The minimum atomic E-state index is -0.0565. The number of halogens is 2. The molecule has 2 nitrogen and oxygen atoms in total. The summed E-state index contributed by atoms with van der Waals surface area (Å²) in [6, 6.07) is 14.6. The lowest BCUT2D eigenvalue weighted by atomic mass is 10.0. The molecule has 0 radical (unpaired) electrons. The van der Waals surface area contributed by atoms with E-state index in [1.165, 1.54) is 0 Å². The van der Waals surface area contributed by atoms with Crippen LogP contribution < -0.4 is 4.74 Å². The summed E-state index contributed by atoms with van der Waals surface area (Å²) in [5, 5.41) is 0. The van der Waals surface area contributed by atoms with Crippen molar-refractivity contribution < 1.29 is 9.53 Å². The Morgan fingerprint density at radius 1 is 1.00 bits per heavy atom. The molecule has 0 aliphatic heterocycles. The van der Waals surface area contributed by atoms with Gasteiger partial charge in [-0.05, 0) is 40.2 Å². The van der Waals surface area contributed by atoms with Crippen molar-refractivity contribution >= 4 is 37.6 Å². The van der Waals surface area contributed by atoms with Gasteiger partial charge in [0, 0.05) is 10.0 Å². The number of carbonyl (C=O) groups is 1. The van der Waals surface area contributed by atoms with Gasteiger partial charge in [0.25, 0.3) is 0 Å². The van der Waals surface area contributed by atoms with Crippen molar-refractivity contribution in [2.75, 3.05) is 5.52 Å². The molecule has 0 fully saturated rings. The molecule has 18 heavy (non-hydrogen) atoms. The van der Waals surface area contributed by atoms with Crippen molar-refractivity contribution in [3.63, 3.8) is 0 Å². The first kappa shape index (κ1) is 13.3. The molecule has 0 aliphatic rings. The van der Waals surface area contributed by atoms with Crippen LogP contribution in [-0.4, -0.2) is 11.3 Å². The lowest BCUT2D eigenvalue weighted by Gasteiger charge is -2.09. The van der Waals surface area contributed by atoms with Crippen molar-refractivity contribution in [2.45, 2.75) is 0 Å². The molecule has 2 aromatic carbocycles. The Balaban J connectivity index is 2.43. The van der Waals surface area contributed by atoms with Crippen LogP contribution in [0.4, 0.5) is 0 Å². The first-order valence-electron chi connectivity index (χ1n) is 5.31. The number of hydrogen-bond acceptors (Lipinski definition) is 2. The van der Waals surface area contributed by atoms with E-state index in [1.807, 2.05) is 30.3 Å². The first-order chi connectivity index (χ1) is 8.74. The fourth-order valence-corrected chi connectivity index (χ4v) is 2.34. The number of ether oxygens (including phenoxy) is 1. The summed E-state index contributed by atoms with van der Waals surface area (Å²) in [6.45, 7) is 0. The molecule has 0 aliphatic carbocycles. The molecule has 92 valence electrons. The van der Waals surface area contributed by atoms with Crippen LogP contribution in [0.3, 0.4) is 0 Å². The highest BCUT2D eigenvalue weighted by Crippen LogP contribution is 2.25. The fraction of sp³-hybridized carbons (Fsp3) is 0.0714. The highest BCUT2D eigenvalue weighted by Gasteiger charge is 2.16. The summed E-state index contributed by atoms with van der Waals surface area (Å²) >= 11 is 6.58. The standard InChI is InChI=1S/C14H10Br2O2/c15-9-18-13-8-4-2-6-11(13)14(17)10-5-1-3-7-12(10)16/h1-8H,9H2. The summed E-state index contributed by atoms with van der Waals surface area (Å²) in [7, 11) is 0. The molecule has 2 aromatic rings. The molecule has 0 amide bonds. The maximum Gasteiger partial charge on any atom is 0.197 e. The zero-order valence-corrected chi connectivity index (χ0v) is 12.6. The van der Waals surface area contributed by atoms with Gasteiger partial charge in [0.2, 0.25) is 0 Å². The highest BCUT2D eigenvalue weighted by molar-refractivity contribution is 9.10. The quantitative estimate of drug-likeness (QED) is 0.589. The van der Waals surface area contributed by atoms with E-state index in [1.54, 1.807) is 18.2 Å². The Morgan fingerprint density at radius 2 is 1.61 bits per heavy atom. The second-order valence-electron chi connectivity index (χ2n) is 3.56. The van der Waals surface area contributed by atoms with E-state index in [9.17, 15) is 4.79 Å². The lowest BCUT2D eigenvalue weighted by molar-refractivity contribution is 0.103. The van der Waals surface area contributed by atoms with Crippen LogP contribution in [0.1, 0.15) is 15.9 Å². The van der Waals surface area contributed by atoms with Crippen LogP contribution in [-0.2, 0) is 0 Å². The number of hydrogen-bond donors (Lipinski definition) is 0. The van der Waals surface area contributed by atoms with Gasteiger partial charge in [0.1, 0.15) is 11.3 Å². The van der Waals surface area contributed by atoms with Gasteiger partial charge in [-0.2, -0.15) is 0 Å². The van der Waals surface area contributed by atoms with Gasteiger partial charge in [0.15, 0.2) is 5.78 Å². The van der Waals surface area contributed by atoms with Crippen molar-refractivity contribution in [3.05, 3.63) is 64.1 Å². The van der Waals surface area contributed by atoms with Crippen LogP contribution in [0.15, 0.2) is 53.0 Å². The second-order valence-corrected chi connectivity index (χ2v) is 4.87. The molecule has 0 heterocycles. The van der Waals surface area contributed by atoms with Gasteiger partial charge in [-0.25, -0.2) is 0 Å². The smallest absolute Gasteiger partial charge is 0.197 e. The predicted octanol–water partition coefficient (Wildman–Crippen LogP) is 4.41. The molecule has 0 aromatic heterocycles. The number of carbonyl (C=O) groups excluding carboxylic acids is 1. The molecular weight excluding hydrogens is 360 g/mol. The molecule has 4 heteroatoms. The molecule has 0 atom stereocenters. The second kappa shape index (κ2) is 6.16. The van der Waals surface area contributed by atoms with Crippen molar-refractivity contribution in [1.29, 1.82) is 0 Å². The van der Waals surface area contributed by atoms with E-state index in [0.29, 0.717) is 22.4 Å². The van der Waals surface area contributed by atoms with Crippen LogP contribution in [0.2, 0.25) is 0 Å². The number of ketones is 1. The molecular formula is C14H10Br2O2. The maximum absolute atomic E-state index is 12.4. The van der Waals surface area contributed by atoms with Crippen LogP contribution >= 0.6 is 31.9 Å². The molecule has 0 spiro atoms. The van der Waals surface area contributed by atoms with Crippen molar-refractivity contribution in [2.24, 2.45) is 0 Å². The third kappa shape index (κ3) is 2.82. The summed E-state index contributed by atoms with van der Waals surface area (Å²) in [5.74, 6) is 0.522. The summed E-state index contributed by atoms with van der Waals surface area (Å²) in [5.41, 5.74) is 1.54. The Morgan fingerprint density at radius 3 is 2.28 bits per heavy atom. The largest absolute Gasteiger partial charge is 0.482 e. The number of benzene rings is 2. The third-order valence-electron chi connectivity index (χ3n) is 2.46. The van der Waals surface area contributed by atoms with Crippen molar-refractivity contribution in [1.82, 2.24) is 0 Å². The van der Waals surface area contributed by atoms with Crippen molar-refractivity contribution in [3.8, 4) is 5.75 Å². The minimum Gasteiger partial charge on any atom is -0.482 e. The van der Waals surface area contributed by atoms with E-state index in [0.717, 1.165) is 4.47 Å². The third-order valence-corrected chi connectivity index (χ3v) is 3.38. The number of para-hydroxylation sites is 1. The van der Waals surface area contributed by atoms with Crippen LogP contribution in [0.25, 0.3) is 0 Å². The van der Waals surface area contributed by atoms with E-state index >= 15 is 0 Å². The zero-order valence-electron chi connectivity index (χ0n) is 9.40. The fourth-order valence-electron chi connectivity index (χ4n) is 1.63. The monoisotopic (exact) mass is 368 g/mol. The average molecular weight is 370 g/mol. The highest BCUT2D eigenvalue weighted by atomic mass is 79.9. The maximum atomic E-state index is 12.4. The number of rotatable bonds is 4. The van der Waals surface area contributed by atoms with E-state index < -0.39 is 0 Å². The lowest BCUT2D eigenvalue weighted by Crippen LogP contribution is -2.05. The Bertz CT molecular complexity index is 567. The normalized spacial score (nSPS) is 10.1. The van der Waals surface area contributed by atoms with Gasteiger partial charge in [0.05, 0.1) is 5.56 Å². The van der Waals surface area contributed by atoms with E-state index in [4.69, 9.17) is 4.74 Å². The van der Waals surface area contributed by atoms with Gasteiger partial charge >= 0.3 is 0 Å². The SMILES string of the molecule is O=C(c1ccccc1Br)c1ccccc1OCBr. The van der Waals surface area contributed by atoms with Crippen LogP contribution in [0, 0.1) is 0 Å². The van der Waals surface area contributed by atoms with E-state index in [-0.39, 0.29) is 5.78 Å². The first-order valence-corrected chi connectivity index (χ1v) is 7.22. The number of alkyl halides is 1. The van der Waals surface area contributed by atoms with Gasteiger partial charge in [-0.1, -0.05) is 40.2 Å². The average Bonchev–Trinajstić information content (AvgIpc) is 2.40. The molecule has 0 N–H and O–H groups in total. The topological polar surface area (TPSA) is 26.3 Å². The summed E-state index contributed by atoms with van der Waals surface area (Å²) in [4.78, 5) is 12.4. The van der Waals surface area contributed by atoms with Gasteiger partial charge in [-0.15, -0.1) is 0 Å². The summed E-state index contributed by atoms with van der Waals surface area (Å²) < 4.78 is 6.18. The summed E-state index contributed by atoms with van der Waals surface area (Å²) in [6.07, 6.45) is 0. The van der Waals surface area contributed by atoms with Crippen LogP contribution in [0.5, 0.6) is 5.75 Å². The zero-order chi connectivity index (χ0) is 13.0. The molecule has 0 unspecified atom stereocenters. The molecule has 0 bridgehead atoms. The Kier molecular flexibility index (Phi) is 4.55. The van der Waals surface area contributed by atoms with Gasteiger partial charge in [-0.3, -0.25) is 4.79 Å². The Hall–Kier alpha value is -1.13. The molecule has 2 rings (SSSR count). The molecule has 0 saturated heterocycles. The van der Waals surface area contributed by atoms with Gasteiger partial charge < -0.3 is 4.74 Å². The predicted molar refractivity (Wildman–Crippen MR) is 78.4 cm³/mol. The Labute approximate surface area is 122 Å². The minimum absolute atomic E-state index is 0.0565. The van der Waals surface area contributed by atoms with E-state index in [2.05, 4.69) is 31.9 Å².